The highest BCUT2D eigenvalue weighted by molar-refractivity contribution is 6.10. The Kier molecular flexibility index (Phi) is 6.99. The Bertz CT molecular complexity index is 1110. The number of aromatic nitrogens is 2. The fourth-order valence-corrected chi connectivity index (χ4v) is 2.72. The highest BCUT2D eigenvalue weighted by Gasteiger charge is 2.22. The van der Waals surface area contributed by atoms with Gasteiger partial charge in [-0.2, -0.15) is 0 Å². The lowest BCUT2D eigenvalue weighted by molar-refractivity contribution is 0.0914. The number of benzene rings is 2. The number of nitrogens with zero attached hydrogens (tertiary/aromatic N) is 1. The molecule has 3 aromatic rings. The largest absolute Gasteiger partial charge is 0.348 e. The van der Waals surface area contributed by atoms with Crippen LogP contribution in [0.2, 0.25) is 0 Å². The SMILES string of the molecule is CC(C)[C@@H](C)NC(=O)c1[nH]cnc1C(=O)Nc1ccc(NC(=O)c2ccc(F)cc2)cc1. The van der Waals surface area contributed by atoms with Gasteiger partial charge in [0.05, 0.1) is 6.33 Å². The molecule has 1 atom stereocenters. The lowest BCUT2D eigenvalue weighted by atomic mass is 10.1. The van der Waals surface area contributed by atoms with Gasteiger partial charge in [0.25, 0.3) is 17.7 Å². The van der Waals surface area contributed by atoms with E-state index < -0.39 is 17.6 Å². The summed E-state index contributed by atoms with van der Waals surface area (Å²) in [6, 6.07) is 11.5. The van der Waals surface area contributed by atoms with Crippen molar-refractivity contribution < 1.29 is 18.8 Å². The Morgan fingerprint density at radius 1 is 0.844 bits per heavy atom. The Morgan fingerprint density at radius 3 is 1.97 bits per heavy atom. The van der Waals surface area contributed by atoms with Gasteiger partial charge in [-0.15, -0.1) is 0 Å². The molecule has 2 aromatic carbocycles. The van der Waals surface area contributed by atoms with E-state index in [2.05, 4.69) is 25.9 Å². The number of carbonyl (C=O) groups is 3. The van der Waals surface area contributed by atoms with Gasteiger partial charge < -0.3 is 20.9 Å². The van der Waals surface area contributed by atoms with Crippen LogP contribution in [0.5, 0.6) is 0 Å². The minimum Gasteiger partial charge on any atom is -0.348 e. The van der Waals surface area contributed by atoms with Crippen molar-refractivity contribution in [2.24, 2.45) is 5.92 Å². The maximum Gasteiger partial charge on any atom is 0.276 e. The predicted octanol–water partition coefficient (Wildman–Crippen LogP) is 3.83. The van der Waals surface area contributed by atoms with Crippen LogP contribution in [0.15, 0.2) is 54.9 Å². The summed E-state index contributed by atoms with van der Waals surface area (Å²) in [5.41, 5.74) is 1.34. The second-order valence-corrected chi connectivity index (χ2v) is 7.62. The molecule has 0 bridgehead atoms. The first-order chi connectivity index (χ1) is 15.2. The third-order valence-electron chi connectivity index (χ3n) is 4.95. The van der Waals surface area contributed by atoms with Crippen molar-refractivity contribution in [3.63, 3.8) is 0 Å². The number of aromatic amines is 1. The number of nitrogens with one attached hydrogen (secondary N) is 4. The number of halogens is 1. The molecule has 166 valence electrons. The highest BCUT2D eigenvalue weighted by atomic mass is 19.1. The summed E-state index contributed by atoms with van der Waals surface area (Å²) in [5, 5.41) is 8.20. The van der Waals surface area contributed by atoms with Crippen molar-refractivity contribution >= 4 is 29.1 Å². The first-order valence-corrected chi connectivity index (χ1v) is 10.1. The molecule has 4 N–H and O–H groups in total. The van der Waals surface area contributed by atoms with E-state index >= 15 is 0 Å². The maximum atomic E-state index is 13.0. The van der Waals surface area contributed by atoms with Crippen molar-refractivity contribution in [1.82, 2.24) is 15.3 Å². The van der Waals surface area contributed by atoms with Crippen LogP contribution in [-0.4, -0.2) is 33.7 Å². The molecule has 0 radical (unpaired) electrons. The molecule has 1 aromatic heterocycles. The van der Waals surface area contributed by atoms with Gasteiger partial charge in [0.1, 0.15) is 11.5 Å². The molecule has 0 saturated heterocycles. The van der Waals surface area contributed by atoms with Crippen LogP contribution in [0.4, 0.5) is 15.8 Å². The van der Waals surface area contributed by atoms with Gasteiger partial charge >= 0.3 is 0 Å². The monoisotopic (exact) mass is 437 g/mol. The summed E-state index contributed by atoms with van der Waals surface area (Å²) >= 11 is 0. The van der Waals surface area contributed by atoms with E-state index in [1.165, 1.54) is 30.6 Å². The minimum atomic E-state index is -0.545. The molecule has 3 amide bonds. The molecule has 0 saturated carbocycles. The van der Waals surface area contributed by atoms with Crippen molar-refractivity contribution in [2.45, 2.75) is 26.8 Å². The molecule has 32 heavy (non-hydrogen) atoms. The van der Waals surface area contributed by atoms with E-state index in [1.54, 1.807) is 24.3 Å². The maximum absolute atomic E-state index is 13.0. The van der Waals surface area contributed by atoms with E-state index in [1.807, 2.05) is 20.8 Å². The summed E-state index contributed by atoms with van der Waals surface area (Å²) in [7, 11) is 0. The third-order valence-corrected chi connectivity index (χ3v) is 4.95. The molecular weight excluding hydrogens is 413 g/mol. The molecule has 0 fully saturated rings. The van der Waals surface area contributed by atoms with Gasteiger partial charge in [-0.05, 0) is 61.4 Å². The van der Waals surface area contributed by atoms with Crippen LogP contribution in [-0.2, 0) is 0 Å². The fraction of sp³-hybridized carbons (Fsp3) is 0.217. The number of rotatable bonds is 7. The smallest absolute Gasteiger partial charge is 0.276 e. The zero-order valence-corrected chi connectivity index (χ0v) is 17.9. The molecule has 8 nitrogen and oxygen atoms in total. The summed E-state index contributed by atoms with van der Waals surface area (Å²) in [4.78, 5) is 44.0. The van der Waals surface area contributed by atoms with Crippen molar-refractivity contribution in [3.8, 4) is 0 Å². The molecule has 0 aliphatic rings. The van der Waals surface area contributed by atoms with Crippen LogP contribution in [0.3, 0.4) is 0 Å². The topological polar surface area (TPSA) is 116 Å². The zero-order valence-electron chi connectivity index (χ0n) is 17.9. The van der Waals surface area contributed by atoms with Crippen LogP contribution in [0.1, 0.15) is 52.1 Å². The van der Waals surface area contributed by atoms with Crippen LogP contribution >= 0.6 is 0 Å². The predicted molar refractivity (Wildman–Crippen MR) is 119 cm³/mol. The summed E-state index contributed by atoms with van der Waals surface area (Å²) in [5.74, 6) is -1.52. The number of hydrogen-bond acceptors (Lipinski definition) is 4. The van der Waals surface area contributed by atoms with Crippen molar-refractivity contribution in [2.75, 3.05) is 10.6 Å². The highest BCUT2D eigenvalue weighted by Crippen LogP contribution is 2.16. The quantitative estimate of drug-likeness (QED) is 0.450. The molecule has 1 heterocycles. The number of hydrogen-bond donors (Lipinski definition) is 4. The summed E-state index contributed by atoms with van der Waals surface area (Å²) < 4.78 is 13.0. The number of anilines is 2. The average molecular weight is 437 g/mol. The standard InChI is InChI=1S/C23H24FN5O3/c1-13(2)14(3)27-22(31)19-20(26-12-25-19)23(32)29-18-10-8-17(9-11-18)28-21(30)15-4-6-16(24)7-5-15/h4-14H,1-3H3,(H,25,26)(H,27,31)(H,28,30)(H,29,32)/t14-/m1/s1. The Balaban J connectivity index is 1.63. The average Bonchev–Trinajstić information content (AvgIpc) is 3.25. The fourth-order valence-electron chi connectivity index (χ4n) is 2.72. The van der Waals surface area contributed by atoms with Crippen LogP contribution in [0.25, 0.3) is 0 Å². The van der Waals surface area contributed by atoms with E-state index in [4.69, 9.17) is 0 Å². The molecule has 0 spiro atoms. The second-order valence-electron chi connectivity index (χ2n) is 7.62. The molecule has 0 unspecified atom stereocenters. The van der Waals surface area contributed by atoms with E-state index in [-0.39, 0.29) is 29.3 Å². The summed E-state index contributed by atoms with van der Waals surface area (Å²) in [6.45, 7) is 5.85. The first-order valence-electron chi connectivity index (χ1n) is 10.1. The van der Waals surface area contributed by atoms with Gasteiger partial charge in [-0.25, -0.2) is 9.37 Å². The molecular formula is C23H24FN5O3. The van der Waals surface area contributed by atoms with Crippen molar-refractivity contribution in [1.29, 1.82) is 0 Å². The normalized spacial score (nSPS) is 11.7. The number of amides is 3. The van der Waals surface area contributed by atoms with Crippen LogP contribution < -0.4 is 16.0 Å². The molecule has 0 aliphatic heterocycles. The van der Waals surface area contributed by atoms with Gasteiger partial charge in [0.15, 0.2) is 5.69 Å². The lowest BCUT2D eigenvalue weighted by Gasteiger charge is -2.17. The van der Waals surface area contributed by atoms with Crippen molar-refractivity contribution in [3.05, 3.63) is 77.6 Å². The van der Waals surface area contributed by atoms with Gasteiger partial charge in [-0.3, -0.25) is 14.4 Å². The molecule has 9 heteroatoms. The van der Waals surface area contributed by atoms with E-state index in [9.17, 15) is 18.8 Å². The Labute approximate surface area is 184 Å². The zero-order chi connectivity index (χ0) is 23.3. The Hall–Kier alpha value is -4.01. The first kappa shape index (κ1) is 22.7. The van der Waals surface area contributed by atoms with Gasteiger partial charge in [0, 0.05) is 23.0 Å². The van der Waals surface area contributed by atoms with Crippen LogP contribution in [0, 0.1) is 11.7 Å². The Morgan fingerprint density at radius 2 is 1.41 bits per heavy atom. The second kappa shape index (κ2) is 9.86. The lowest BCUT2D eigenvalue weighted by Crippen LogP contribution is -2.37. The summed E-state index contributed by atoms with van der Waals surface area (Å²) in [6.07, 6.45) is 1.29. The van der Waals surface area contributed by atoms with E-state index in [0.29, 0.717) is 16.9 Å². The number of H-pyrrole nitrogens is 1. The van der Waals surface area contributed by atoms with Gasteiger partial charge in [0.2, 0.25) is 0 Å². The minimum absolute atomic E-state index is 0.0212. The molecule has 3 rings (SSSR count). The van der Waals surface area contributed by atoms with Gasteiger partial charge in [-0.1, -0.05) is 13.8 Å². The number of carbonyl (C=O) groups excluding carboxylic acids is 3. The van der Waals surface area contributed by atoms with E-state index in [0.717, 1.165) is 0 Å². The molecule has 0 aliphatic carbocycles. The third kappa shape index (κ3) is 5.57. The number of imidazole rings is 1.